The first-order valence-electron chi connectivity index (χ1n) is 19.6. The third kappa shape index (κ3) is 8.10. The number of hydrogen-bond acceptors (Lipinski definition) is 11. The van der Waals surface area contributed by atoms with Crippen LogP contribution in [0.1, 0.15) is 54.4 Å². The second kappa shape index (κ2) is 16.6. The lowest BCUT2D eigenvalue weighted by Crippen LogP contribution is -2.37. The van der Waals surface area contributed by atoms with Gasteiger partial charge in [-0.05, 0) is 106 Å². The number of nitrogens with zero attached hydrogens (tertiary/aromatic N) is 4. The molecule has 8 rings (SSSR count). The maximum Gasteiger partial charge on any atom is 0.387 e. The molecule has 3 heterocycles. The number of ether oxygens (including phenoxy) is 3. The number of aliphatic hydroxyl groups is 1. The Kier molecular flexibility index (Phi) is 11.3. The van der Waals surface area contributed by atoms with E-state index in [-0.39, 0.29) is 53.7 Å². The van der Waals surface area contributed by atoms with Gasteiger partial charge in [0, 0.05) is 53.5 Å². The molecule has 310 valence electrons. The number of benzene rings is 4. The van der Waals surface area contributed by atoms with Crippen LogP contribution in [0.15, 0.2) is 69.5 Å². The average Bonchev–Trinajstić information content (AvgIpc) is 4.01. The molecular weight excluding hydrogens is 772 g/mol. The molecule has 0 spiro atoms. The Hall–Kier alpha value is -5.51. The summed E-state index contributed by atoms with van der Waals surface area (Å²) in [5.74, 6) is 0.134. The summed E-state index contributed by atoms with van der Waals surface area (Å²) < 4.78 is 81.5. The summed E-state index contributed by atoms with van der Waals surface area (Å²) in [6, 6.07) is 17.1. The number of likely N-dealkylation sites (tertiary alicyclic amines) is 1. The zero-order chi connectivity index (χ0) is 41.5. The topological polar surface area (TPSA) is 124 Å². The summed E-state index contributed by atoms with van der Waals surface area (Å²) in [7, 11) is 3.19. The number of hydrogen-bond donors (Lipinski definition) is 1. The minimum atomic E-state index is -3.07. The van der Waals surface area contributed by atoms with E-state index in [1.54, 1.807) is 12.1 Å². The Bertz CT molecular complexity index is 2500. The van der Waals surface area contributed by atoms with Crippen LogP contribution in [0, 0.1) is 13.8 Å². The lowest BCUT2D eigenvalue weighted by Gasteiger charge is -2.27. The van der Waals surface area contributed by atoms with Crippen molar-refractivity contribution in [1.82, 2.24) is 19.8 Å². The molecule has 2 aromatic heterocycles. The molecule has 1 aliphatic carbocycles. The van der Waals surface area contributed by atoms with Crippen LogP contribution < -0.4 is 9.47 Å². The average molecular weight is 817 g/mol. The van der Waals surface area contributed by atoms with Crippen LogP contribution in [-0.2, 0) is 22.6 Å². The fourth-order valence-corrected chi connectivity index (χ4v) is 8.66. The molecule has 2 aliphatic rings. The van der Waals surface area contributed by atoms with Crippen LogP contribution in [0.2, 0.25) is 0 Å². The molecule has 15 heteroatoms. The molecule has 6 aromatic rings. The van der Waals surface area contributed by atoms with Crippen LogP contribution in [0.4, 0.5) is 17.6 Å². The van der Waals surface area contributed by atoms with Gasteiger partial charge in [-0.15, -0.1) is 0 Å². The fraction of sp³-hybridized carbons (Fsp3) is 0.386. The molecule has 0 radical (unpaired) electrons. The number of alkyl halides is 4. The van der Waals surface area contributed by atoms with Crippen molar-refractivity contribution in [3.05, 3.63) is 82.9 Å². The highest BCUT2D eigenvalue weighted by Gasteiger charge is 2.33. The van der Waals surface area contributed by atoms with Crippen LogP contribution in [0.25, 0.3) is 56.2 Å². The fourth-order valence-electron chi connectivity index (χ4n) is 8.66. The van der Waals surface area contributed by atoms with Crippen molar-refractivity contribution in [2.75, 3.05) is 20.7 Å². The Balaban J connectivity index is 1.11. The standard InChI is InChI=1S/C44H44F4N4O7/c1-23-27(9-5-11-29(23)40-49-31-17-25(21-51(3)33-13-7-15-35(33)53)36(58-43(45)46)19-38(31)56-40)28-10-6-12-30(24(28)2)41-50-32-18-26(37(59-44(47)48)20-39(32)57-41)22-52-16-8-14-34(52)42(54)55-4/h5-6,9-12,17-20,33-35,43-44,53H,7-8,13-16,21-22H2,1-4H3. The number of halogens is 4. The lowest BCUT2D eigenvalue weighted by molar-refractivity contribution is -0.146. The number of aliphatic hydroxyl groups excluding tert-OH is 1. The van der Waals surface area contributed by atoms with E-state index in [1.807, 2.05) is 67.1 Å². The molecule has 11 nitrogen and oxygen atoms in total. The molecule has 0 amide bonds. The zero-order valence-electron chi connectivity index (χ0n) is 33.0. The van der Waals surface area contributed by atoms with E-state index >= 15 is 0 Å². The van der Waals surface area contributed by atoms with E-state index in [9.17, 15) is 27.5 Å². The first kappa shape index (κ1) is 40.3. The highest BCUT2D eigenvalue weighted by atomic mass is 19.3. The first-order valence-corrected chi connectivity index (χ1v) is 19.6. The van der Waals surface area contributed by atoms with Crippen molar-refractivity contribution in [2.24, 2.45) is 0 Å². The second-order valence-corrected chi connectivity index (χ2v) is 15.2. The zero-order valence-corrected chi connectivity index (χ0v) is 33.0. The highest BCUT2D eigenvalue weighted by molar-refractivity contribution is 5.85. The van der Waals surface area contributed by atoms with Crippen molar-refractivity contribution >= 4 is 28.2 Å². The number of fused-ring (bicyclic) bond motifs is 2. The minimum Gasteiger partial charge on any atom is -0.468 e. The monoisotopic (exact) mass is 816 g/mol. The molecule has 59 heavy (non-hydrogen) atoms. The van der Waals surface area contributed by atoms with Crippen LogP contribution >= 0.6 is 0 Å². The van der Waals surface area contributed by atoms with Crippen molar-refractivity contribution in [2.45, 2.75) is 90.5 Å². The minimum absolute atomic E-state index is 0.0144. The first-order chi connectivity index (χ1) is 28.4. The molecule has 3 atom stereocenters. The van der Waals surface area contributed by atoms with Crippen LogP contribution in [-0.4, -0.2) is 83.0 Å². The van der Waals surface area contributed by atoms with Crippen molar-refractivity contribution < 1.29 is 50.5 Å². The summed E-state index contributed by atoms with van der Waals surface area (Å²) in [4.78, 5) is 25.8. The van der Waals surface area contributed by atoms with Gasteiger partial charge >= 0.3 is 19.2 Å². The predicted octanol–water partition coefficient (Wildman–Crippen LogP) is 9.27. The van der Waals surface area contributed by atoms with Crippen molar-refractivity contribution in [3.8, 4) is 45.5 Å². The Morgan fingerprint density at radius 2 is 1.36 bits per heavy atom. The molecule has 1 saturated carbocycles. The molecule has 1 N–H and O–H groups in total. The van der Waals surface area contributed by atoms with Crippen LogP contribution in [0.3, 0.4) is 0 Å². The molecule has 3 unspecified atom stereocenters. The normalized spacial score (nSPS) is 18.6. The Morgan fingerprint density at radius 3 is 1.88 bits per heavy atom. The predicted molar refractivity (Wildman–Crippen MR) is 211 cm³/mol. The number of carbonyl (C=O) groups excluding carboxylic acids is 1. The van der Waals surface area contributed by atoms with E-state index < -0.39 is 25.4 Å². The van der Waals surface area contributed by atoms with Gasteiger partial charge in [0.15, 0.2) is 11.2 Å². The van der Waals surface area contributed by atoms with E-state index in [4.69, 9.17) is 33.0 Å². The summed E-state index contributed by atoms with van der Waals surface area (Å²) in [5, 5.41) is 10.4. The van der Waals surface area contributed by atoms with E-state index in [0.29, 0.717) is 58.6 Å². The van der Waals surface area contributed by atoms with Gasteiger partial charge in [0.05, 0.1) is 13.2 Å². The van der Waals surface area contributed by atoms with Crippen molar-refractivity contribution in [3.63, 3.8) is 0 Å². The summed E-state index contributed by atoms with van der Waals surface area (Å²) >= 11 is 0. The van der Waals surface area contributed by atoms with E-state index in [0.717, 1.165) is 41.5 Å². The Morgan fingerprint density at radius 1 is 0.814 bits per heavy atom. The number of methoxy groups -OCH3 is 1. The number of rotatable bonds is 13. The molecular formula is C44H44F4N4O7. The number of likely N-dealkylation sites (N-methyl/N-ethyl adjacent to an activating group) is 1. The lowest BCUT2D eigenvalue weighted by atomic mass is 9.91. The van der Waals surface area contributed by atoms with Gasteiger partial charge in [-0.25, -0.2) is 9.97 Å². The second-order valence-electron chi connectivity index (χ2n) is 15.2. The van der Waals surface area contributed by atoms with Gasteiger partial charge in [-0.3, -0.25) is 14.6 Å². The van der Waals surface area contributed by atoms with Gasteiger partial charge in [0.25, 0.3) is 0 Å². The summed E-state index contributed by atoms with van der Waals surface area (Å²) in [6.07, 6.45) is 3.29. The number of carbonyl (C=O) groups is 1. The quantitative estimate of drug-likeness (QED) is 0.0887. The van der Waals surface area contributed by atoms with Gasteiger partial charge < -0.3 is 28.2 Å². The maximum absolute atomic E-state index is 13.6. The SMILES string of the molecule is COC(=O)C1CCCN1Cc1cc2nc(-c3cccc(-c4cccc(-c5nc6cc(CN(C)C7CCCC7O)c(OC(F)F)cc6o5)c4C)c3C)oc2cc1OC(F)F. The largest absolute Gasteiger partial charge is 0.468 e. The van der Waals surface area contributed by atoms with Gasteiger partial charge in [-0.1, -0.05) is 24.3 Å². The van der Waals surface area contributed by atoms with Gasteiger partial charge in [0.2, 0.25) is 11.8 Å². The highest BCUT2D eigenvalue weighted by Crippen LogP contribution is 2.40. The Labute approximate surface area is 337 Å². The molecule has 2 fully saturated rings. The van der Waals surface area contributed by atoms with Crippen LogP contribution in [0.5, 0.6) is 11.5 Å². The summed E-state index contributed by atoms with van der Waals surface area (Å²) in [6.45, 7) is -1.18. The summed E-state index contributed by atoms with van der Waals surface area (Å²) in [5.41, 5.74) is 7.23. The number of aromatic nitrogens is 2. The molecule has 1 saturated heterocycles. The van der Waals surface area contributed by atoms with E-state index in [1.165, 1.54) is 19.2 Å². The van der Waals surface area contributed by atoms with Gasteiger partial charge in [0.1, 0.15) is 28.6 Å². The van der Waals surface area contributed by atoms with Gasteiger partial charge in [-0.2, -0.15) is 17.6 Å². The molecule has 0 bridgehead atoms. The third-order valence-electron chi connectivity index (χ3n) is 11.6. The molecule has 1 aliphatic heterocycles. The maximum atomic E-state index is 13.6. The number of oxazole rings is 2. The number of esters is 1. The van der Waals surface area contributed by atoms with Crippen molar-refractivity contribution in [1.29, 1.82) is 0 Å². The van der Waals surface area contributed by atoms with E-state index in [2.05, 4.69) is 0 Å². The smallest absolute Gasteiger partial charge is 0.387 e. The third-order valence-corrected chi connectivity index (χ3v) is 11.6. The molecule has 4 aromatic carbocycles.